The van der Waals surface area contributed by atoms with E-state index in [1.807, 2.05) is 62.4 Å². The zero-order chi connectivity index (χ0) is 16.2. The summed E-state index contributed by atoms with van der Waals surface area (Å²) in [5.41, 5.74) is 3.90. The van der Waals surface area contributed by atoms with Crippen molar-refractivity contribution in [2.24, 2.45) is 0 Å². The van der Waals surface area contributed by atoms with E-state index in [1.165, 1.54) is 5.56 Å². The highest BCUT2D eigenvalue weighted by molar-refractivity contribution is 5.93. The third-order valence-electron chi connectivity index (χ3n) is 3.72. The van der Waals surface area contributed by atoms with Gasteiger partial charge in [0.15, 0.2) is 6.61 Å². The summed E-state index contributed by atoms with van der Waals surface area (Å²) in [7, 11) is 0. The van der Waals surface area contributed by atoms with Gasteiger partial charge in [-0.1, -0.05) is 24.3 Å². The molecule has 1 heterocycles. The normalized spacial score (nSPS) is 10.5. The number of ether oxygens (including phenoxy) is 1. The molecular weight excluding hydrogens is 288 g/mol. The number of rotatable bonds is 4. The number of aryl methyl sites for hydroxylation is 2. The van der Waals surface area contributed by atoms with Crippen LogP contribution in [0.5, 0.6) is 5.75 Å². The molecule has 0 aliphatic rings. The number of carbonyl (C=O) groups is 1. The average Bonchev–Trinajstić information content (AvgIpc) is 2.56. The maximum absolute atomic E-state index is 12.0. The van der Waals surface area contributed by atoms with Crippen molar-refractivity contribution < 1.29 is 9.53 Å². The van der Waals surface area contributed by atoms with Crippen molar-refractivity contribution in [3.8, 4) is 5.75 Å². The third kappa shape index (κ3) is 3.66. The number of amides is 1. The van der Waals surface area contributed by atoms with Crippen molar-refractivity contribution in [1.82, 2.24) is 4.98 Å². The predicted molar refractivity (Wildman–Crippen MR) is 91.8 cm³/mol. The summed E-state index contributed by atoms with van der Waals surface area (Å²) in [6.45, 7) is 4.02. The largest absolute Gasteiger partial charge is 0.484 e. The first-order chi connectivity index (χ1) is 11.1. The predicted octanol–water partition coefficient (Wildman–Crippen LogP) is 3.87. The smallest absolute Gasteiger partial charge is 0.262 e. The maximum Gasteiger partial charge on any atom is 0.262 e. The molecule has 0 aliphatic carbocycles. The van der Waals surface area contributed by atoms with E-state index in [4.69, 9.17) is 4.74 Å². The van der Waals surface area contributed by atoms with E-state index in [2.05, 4.69) is 10.3 Å². The second-order valence-corrected chi connectivity index (χ2v) is 5.50. The highest BCUT2D eigenvalue weighted by Crippen LogP contribution is 2.17. The van der Waals surface area contributed by atoms with E-state index in [9.17, 15) is 4.79 Å². The first kappa shape index (κ1) is 15.0. The fraction of sp³-hybridized carbons (Fsp3) is 0.158. The zero-order valence-electron chi connectivity index (χ0n) is 13.2. The molecule has 1 amide bonds. The molecule has 4 heteroatoms. The lowest BCUT2D eigenvalue weighted by atomic mass is 10.1. The number of hydrogen-bond acceptors (Lipinski definition) is 3. The number of aromatic nitrogens is 1. The number of nitrogens with one attached hydrogen (secondary N) is 1. The topological polar surface area (TPSA) is 51.2 Å². The molecule has 4 nitrogen and oxygen atoms in total. The number of benzene rings is 2. The van der Waals surface area contributed by atoms with Crippen LogP contribution in [0.3, 0.4) is 0 Å². The quantitative estimate of drug-likeness (QED) is 0.796. The summed E-state index contributed by atoms with van der Waals surface area (Å²) in [5.74, 6) is 0.486. The average molecular weight is 306 g/mol. The first-order valence-corrected chi connectivity index (χ1v) is 7.46. The summed E-state index contributed by atoms with van der Waals surface area (Å²) in [6.07, 6.45) is 1.65. The van der Waals surface area contributed by atoms with Crippen LogP contribution in [0.1, 0.15) is 11.1 Å². The monoisotopic (exact) mass is 306 g/mol. The summed E-state index contributed by atoms with van der Waals surface area (Å²) >= 11 is 0. The second kappa shape index (κ2) is 6.48. The van der Waals surface area contributed by atoms with Crippen LogP contribution in [-0.2, 0) is 4.79 Å². The molecule has 3 rings (SSSR count). The van der Waals surface area contributed by atoms with Gasteiger partial charge >= 0.3 is 0 Å². The van der Waals surface area contributed by atoms with Crippen molar-refractivity contribution in [2.45, 2.75) is 13.8 Å². The number of pyridine rings is 1. The van der Waals surface area contributed by atoms with E-state index >= 15 is 0 Å². The molecule has 2 aromatic carbocycles. The van der Waals surface area contributed by atoms with Gasteiger partial charge in [-0.2, -0.15) is 0 Å². The molecule has 1 N–H and O–H groups in total. The summed E-state index contributed by atoms with van der Waals surface area (Å²) in [5, 5.41) is 3.79. The van der Waals surface area contributed by atoms with Crippen LogP contribution >= 0.6 is 0 Å². The number of fused-ring (bicyclic) bond motifs is 1. The van der Waals surface area contributed by atoms with Crippen LogP contribution in [0, 0.1) is 13.8 Å². The minimum Gasteiger partial charge on any atom is -0.484 e. The van der Waals surface area contributed by atoms with E-state index in [0.29, 0.717) is 11.4 Å². The zero-order valence-corrected chi connectivity index (χ0v) is 13.2. The number of hydrogen-bond donors (Lipinski definition) is 1. The van der Waals surface area contributed by atoms with Crippen LogP contribution < -0.4 is 10.1 Å². The third-order valence-corrected chi connectivity index (χ3v) is 3.72. The summed E-state index contributed by atoms with van der Waals surface area (Å²) in [6, 6.07) is 15.5. The number of para-hydroxylation sites is 1. The highest BCUT2D eigenvalue weighted by Gasteiger charge is 2.05. The van der Waals surface area contributed by atoms with E-state index in [-0.39, 0.29) is 12.5 Å². The van der Waals surface area contributed by atoms with Gasteiger partial charge in [-0.3, -0.25) is 9.78 Å². The Labute approximate surface area is 135 Å². The van der Waals surface area contributed by atoms with E-state index in [0.717, 1.165) is 16.5 Å². The number of nitrogens with zero attached hydrogens (tertiary/aromatic N) is 1. The Morgan fingerprint density at radius 2 is 1.91 bits per heavy atom. The fourth-order valence-electron chi connectivity index (χ4n) is 2.29. The van der Waals surface area contributed by atoms with Gasteiger partial charge in [0.2, 0.25) is 0 Å². The molecule has 0 atom stereocenters. The molecule has 0 fully saturated rings. The molecule has 0 saturated heterocycles. The standard InChI is InChI=1S/C19H18N2O2/c1-13-7-8-17(9-14(13)2)23-12-19(22)21-16-10-15-5-3-4-6-18(15)20-11-16/h3-11H,12H2,1-2H3,(H,21,22). The fourth-order valence-corrected chi connectivity index (χ4v) is 2.29. The van der Waals surface area contributed by atoms with Gasteiger partial charge in [0.05, 0.1) is 17.4 Å². The molecule has 23 heavy (non-hydrogen) atoms. The lowest BCUT2D eigenvalue weighted by Crippen LogP contribution is -2.20. The van der Waals surface area contributed by atoms with Gasteiger partial charge in [-0.15, -0.1) is 0 Å². The second-order valence-electron chi connectivity index (χ2n) is 5.50. The van der Waals surface area contributed by atoms with Crippen LogP contribution in [-0.4, -0.2) is 17.5 Å². The molecule has 0 unspecified atom stereocenters. The molecule has 0 saturated carbocycles. The van der Waals surface area contributed by atoms with E-state index < -0.39 is 0 Å². The van der Waals surface area contributed by atoms with Crippen LogP contribution in [0.25, 0.3) is 10.9 Å². The molecule has 3 aromatic rings. The minimum atomic E-state index is -0.208. The first-order valence-electron chi connectivity index (χ1n) is 7.46. The Bertz CT molecular complexity index is 859. The lowest BCUT2D eigenvalue weighted by Gasteiger charge is -2.09. The van der Waals surface area contributed by atoms with Crippen molar-refractivity contribution >= 4 is 22.5 Å². The Morgan fingerprint density at radius 1 is 1.09 bits per heavy atom. The molecule has 0 radical (unpaired) electrons. The maximum atomic E-state index is 12.0. The van der Waals surface area contributed by atoms with Crippen molar-refractivity contribution in [1.29, 1.82) is 0 Å². The van der Waals surface area contributed by atoms with Gasteiger partial charge in [-0.05, 0) is 49.2 Å². The summed E-state index contributed by atoms with van der Waals surface area (Å²) in [4.78, 5) is 16.3. The van der Waals surface area contributed by atoms with Gasteiger partial charge in [0.25, 0.3) is 5.91 Å². The Balaban J connectivity index is 1.62. The molecule has 1 aromatic heterocycles. The van der Waals surface area contributed by atoms with Crippen LogP contribution in [0.2, 0.25) is 0 Å². The SMILES string of the molecule is Cc1ccc(OCC(=O)Nc2cnc3ccccc3c2)cc1C. The van der Waals surface area contributed by atoms with E-state index in [1.54, 1.807) is 6.20 Å². The Hall–Kier alpha value is -2.88. The highest BCUT2D eigenvalue weighted by atomic mass is 16.5. The van der Waals surface area contributed by atoms with Crippen molar-refractivity contribution in [3.05, 3.63) is 65.9 Å². The number of carbonyl (C=O) groups excluding carboxylic acids is 1. The lowest BCUT2D eigenvalue weighted by molar-refractivity contribution is -0.118. The van der Waals surface area contributed by atoms with Gasteiger partial charge < -0.3 is 10.1 Å². The molecular formula is C19H18N2O2. The van der Waals surface area contributed by atoms with Gasteiger partial charge in [-0.25, -0.2) is 0 Å². The minimum absolute atomic E-state index is 0.0324. The van der Waals surface area contributed by atoms with Crippen LogP contribution in [0.4, 0.5) is 5.69 Å². The Kier molecular flexibility index (Phi) is 4.24. The van der Waals surface area contributed by atoms with Gasteiger partial charge in [0.1, 0.15) is 5.75 Å². The van der Waals surface area contributed by atoms with Gasteiger partial charge in [0, 0.05) is 5.39 Å². The molecule has 0 spiro atoms. The molecule has 0 aliphatic heterocycles. The van der Waals surface area contributed by atoms with Crippen molar-refractivity contribution in [3.63, 3.8) is 0 Å². The summed E-state index contributed by atoms with van der Waals surface area (Å²) < 4.78 is 5.53. The Morgan fingerprint density at radius 3 is 2.74 bits per heavy atom. The van der Waals surface area contributed by atoms with Crippen molar-refractivity contribution in [2.75, 3.05) is 11.9 Å². The molecule has 0 bridgehead atoms. The van der Waals surface area contributed by atoms with Crippen LogP contribution in [0.15, 0.2) is 54.7 Å². The molecule has 116 valence electrons. The number of anilines is 1.